The third-order valence-corrected chi connectivity index (χ3v) is 9.07. The molecule has 1 heterocycles. The summed E-state index contributed by atoms with van der Waals surface area (Å²) in [5.41, 5.74) is 1.34. The van der Waals surface area contributed by atoms with Crippen molar-refractivity contribution in [1.82, 2.24) is 0 Å². The molecule has 1 aliphatic rings. The van der Waals surface area contributed by atoms with Crippen LogP contribution in [0.1, 0.15) is 37.8 Å². The Kier molecular flexibility index (Phi) is 8.28. The Morgan fingerprint density at radius 1 is 1.11 bits per heavy atom. The zero-order valence-corrected chi connectivity index (χ0v) is 22.8. The van der Waals surface area contributed by atoms with E-state index in [0.29, 0.717) is 30.7 Å². The molecule has 202 valence electrons. The lowest BCUT2D eigenvalue weighted by Crippen LogP contribution is -2.47. The summed E-state index contributed by atoms with van der Waals surface area (Å²) < 4.78 is 68.4. The van der Waals surface area contributed by atoms with Gasteiger partial charge in [-0.05, 0) is 68.5 Å². The first-order valence-electron chi connectivity index (χ1n) is 12.1. The highest BCUT2D eigenvalue weighted by atomic mass is 35.5. The number of benzene rings is 3. The number of ether oxygens (including phenoxy) is 2. The van der Waals surface area contributed by atoms with E-state index in [1.165, 1.54) is 36.5 Å². The van der Waals surface area contributed by atoms with E-state index in [1.54, 1.807) is 31.2 Å². The summed E-state index contributed by atoms with van der Waals surface area (Å²) in [6.07, 6.45) is 1.40. The summed E-state index contributed by atoms with van der Waals surface area (Å²) in [5.74, 6) is -1.16. The molecular formula is C28H28ClF2NO5S. The van der Waals surface area contributed by atoms with E-state index in [9.17, 15) is 22.0 Å². The van der Waals surface area contributed by atoms with Gasteiger partial charge in [0.05, 0.1) is 22.7 Å². The molecule has 0 N–H and O–H groups in total. The Morgan fingerprint density at radius 3 is 2.55 bits per heavy atom. The van der Waals surface area contributed by atoms with Crippen LogP contribution in [0.15, 0.2) is 59.5 Å². The Bertz CT molecular complexity index is 1440. The third-order valence-electron chi connectivity index (χ3n) is 6.82. The van der Waals surface area contributed by atoms with Crippen LogP contribution in [0.5, 0.6) is 11.5 Å². The largest absolute Gasteiger partial charge is 0.494 e. The minimum absolute atomic E-state index is 0.0243. The second-order valence-corrected chi connectivity index (χ2v) is 11.5. The normalized spacial score (nSPS) is 17.2. The average molecular weight is 564 g/mol. The molecule has 6 nitrogen and oxygen atoms in total. The molecule has 0 amide bonds. The number of sulfonamides is 1. The van der Waals surface area contributed by atoms with Crippen LogP contribution >= 0.6 is 11.6 Å². The predicted octanol–water partition coefficient (Wildman–Crippen LogP) is 6.33. The fourth-order valence-electron chi connectivity index (χ4n) is 4.70. The number of hydrogen-bond donors (Lipinski definition) is 0. The van der Waals surface area contributed by atoms with Crippen LogP contribution in [-0.4, -0.2) is 27.4 Å². The number of halogens is 3. The molecular weight excluding hydrogens is 536 g/mol. The molecule has 0 saturated carbocycles. The molecule has 0 saturated heterocycles. The summed E-state index contributed by atoms with van der Waals surface area (Å²) in [6, 6.07) is 12.3. The fourth-order valence-corrected chi connectivity index (χ4v) is 6.67. The molecule has 4 rings (SSSR count). The summed E-state index contributed by atoms with van der Waals surface area (Å²) in [4.78, 5) is 11.6. The monoisotopic (exact) mass is 563 g/mol. The van der Waals surface area contributed by atoms with Gasteiger partial charge in [0.25, 0.3) is 10.0 Å². The maximum atomic E-state index is 14.2. The SMILES string of the molecule is COc1cc(S(=O)(=O)N2c3cc(OCc4c(F)cccc4Cl)ccc3C[C@@H](CCC(C)=O)[C@H]2C)ccc1F. The van der Waals surface area contributed by atoms with Gasteiger partial charge >= 0.3 is 0 Å². The number of Topliss-reactive ketones (excluding diaryl/α,β-unsaturated/α-hetero) is 1. The molecule has 0 fully saturated rings. The van der Waals surface area contributed by atoms with Crippen molar-refractivity contribution >= 4 is 33.1 Å². The number of carbonyl (C=O) groups excluding carboxylic acids is 1. The number of ketones is 1. The number of rotatable bonds is 9. The van der Waals surface area contributed by atoms with Crippen LogP contribution < -0.4 is 13.8 Å². The van der Waals surface area contributed by atoms with E-state index in [4.69, 9.17) is 21.1 Å². The van der Waals surface area contributed by atoms with Crippen LogP contribution in [0.2, 0.25) is 5.02 Å². The average Bonchev–Trinajstić information content (AvgIpc) is 2.87. The van der Waals surface area contributed by atoms with Crippen molar-refractivity contribution in [2.75, 3.05) is 11.4 Å². The van der Waals surface area contributed by atoms with Crippen LogP contribution in [0.4, 0.5) is 14.5 Å². The van der Waals surface area contributed by atoms with Gasteiger partial charge in [0, 0.05) is 30.2 Å². The summed E-state index contributed by atoms with van der Waals surface area (Å²) in [5, 5.41) is 0.222. The number of nitrogens with zero attached hydrogens (tertiary/aromatic N) is 1. The first-order valence-corrected chi connectivity index (χ1v) is 13.9. The second-order valence-electron chi connectivity index (χ2n) is 9.32. The topological polar surface area (TPSA) is 72.9 Å². The molecule has 38 heavy (non-hydrogen) atoms. The van der Waals surface area contributed by atoms with Crippen molar-refractivity contribution in [3.8, 4) is 11.5 Å². The van der Waals surface area contributed by atoms with E-state index < -0.39 is 27.7 Å². The highest BCUT2D eigenvalue weighted by molar-refractivity contribution is 7.92. The number of carbonyl (C=O) groups is 1. The molecule has 3 aromatic rings. The molecule has 3 aromatic carbocycles. The standard InChI is InChI=1S/C28H28ClF2NO5S/c1-17(33)7-8-19-13-20-9-10-21(37-16-23-24(29)5-4-6-25(23)30)14-27(20)32(18(19)2)38(34,35)22-11-12-26(31)28(15-22)36-3/h4-6,9-12,14-15,18-19H,7-8,13,16H2,1-3H3/t18-,19-/m1/s1. The maximum Gasteiger partial charge on any atom is 0.264 e. The lowest BCUT2D eigenvalue weighted by atomic mass is 9.84. The van der Waals surface area contributed by atoms with Gasteiger partial charge in [0.1, 0.15) is 24.0 Å². The maximum absolute atomic E-state index is 14.2. The lowest BCUT2D eigenvalue weighted by Gasteiger charge is -2.41. The molecule has 0 aromatic heterocycles. The Labute approximate surface area is 226 Å². The fraction of sp³-hybridized carbons (Fsp3) is 0.321. The van der Waals surface area contributed by atoms with Crippen LogP contribution in [0.25, 0.3) is 0 Å². The molecule has 0 unspecified atom stereocenters. The first-order chi connectivity index (χ1) is 18.0. The van der Waals surface area contributed by atoms with Gasteiger partial charge in [-0.2, -0.15) is 0 Å². The Balaban J connectivity index is 1.75. The van der Waals surface area contributed by atoms with Crippen LogP contribution in [0, 0.1) is 17.6 Å². The van der Waals surface area contributed by atoms with E-state index in [2.05, 4.69) is 0 Å². The molecule has 0 aliphatic carbocycles. The van der Waals surface area contributed by atoms with Crippen molar-refractivity contribution in [3.05, 3.63) is 82.4 Å². The summed E-state index contributed by atoms with van der Waals surface area (Å²) in [6.45, 7) is 3.15. The van der Waals surface area contributed by atoms with E-state index in [0.717, 1.165) is 17.7 Å². The lowest BCUT2D eigenvalue weighted by molar-refractivity contribution is -0.117. The first kappa shape index (κ1) is 27.9. The van der Waals surface area contributed by atoms with Gasteiger partial charge in [-0.1, -0.05) is 23.7 Å². The molecule has 0 bridgehead atoms. The third kappa shape index (κ3) is 5.63. The smallest absolute Gasteiger partial charge is 0.264 e. The molecule has 10 heteroatoms. The number of fused-ring (bicyclic) bond motifs is 1. The highest BCUT2D eigenvalue weighted by Crippen LogP contribution is 2.42. The molecule has 0 spiro atoms. The second kappa shape index (κ2) is 11.3. The number of hydrogen-bond acceptors (Lipinski definition) is 5. The van der Waals surface area contributed by atoms with Gasteiger partial charge in [-0.15, -0.1) is 0 Å². The minimum atomic E-state index is -4.18. The van der Waals surface area contributed by atoms with Crippen molar-refractivity contribution in [3.63, 3.8) is 0 Å². The van der Waals surface area contributed by atoms with Crippen molar-refractivity contribution in [2.24, 2.45) is 5.92 Å². The van der Waals surface area contributed by atoms with Crippen LogP contribution in [-0.2, 0) is 27.8 Å². The van der Waals surface area contributed by atoms with E-state index >= 15 is 0 Å². The highest BCUT2D eigenvalue weighted by Gasteiger charge is 2.39. The number of anilines is 1. The molecule has 2 atom stereocenters. The molecule has 1 aliphatic heterocycles. The molecule has 0 radical (unpaired) electrons. The number of methoxy groups -OCH3 is 1. The van der Waals surface area contributed by atoms with Gasteiger partial charge < -0.3 is 14.3 Å². The Hall–Kier alpha value is -3.17. The van der Waals surface area contributed by atoms with Crippen LogP contribution in [0.3, 0.4) is 0 Å². The van der Waals surface area contributed by atoms with Gasteiger partial charge in [0.2, 0.25) is 0 Å². The van der Waals surface area contributed by atoms with Gasteiger partial charge in [0.15, 0.2) is 11.6 Å². The quantitative estimate of drug-likeness (QED) is 0.304. The zero-order chi connectivity index (χ0) is 27.6. The Morgan fingerprint density at radius 2 is 1.87 bits per heavy atom. The van der Waals surface area contributed by atoms with E-state index in [-0.39, 0.29) is 39.5 Å². The summed E-state index contributed by atoms with van der Waals surface area (Å²) in [7, 11) is -2.92. The van der Waals surface area contributed by atoms with Gasteiger partial charge in [-0.25, -0.2) is 17.2 Å². The van der Waals surface area contributed by atoms with E-state index in [1.807, 2.05) is 0 Å². The van der Waals surface area contributed by atoms with Gasteiger partial charge in [-0.3, -0.25) is 4.31 Å². The predicted molar refractivity (Wildman–Crippen MR) is 141 cm³/mol. The van der Waals surface area contributed by atoms with Crippen molar-refractivity contribution in [2.45, 2.75) is 50.7 Å². The zero-order valence-electron chi connectivity index (χ0n) is 21.2. The van der Waals surface area contributed by atoms with Crippen molar-refractivity contribution < 1.29 is 31.5 Å². The van der Waals surface area contributed by atoms with Crippen molar-refractivity contribution in [1.29, 1.82) is 0 Å². The summed E-state index contributed by atoms with van der Waals surface area (Å²) >= 11 is 6.12. The minimum Gasteiger partial charge on any atom is -0.494 e.